The summed E-state index contributed by atoms with van der Waals surface area (Å²) in [5.74, 6) is 0.665. The Balaban J connectivity index is 2.20. The summed E-state index contributed by atoms with van der Waals surface area (Å²) in [6, 6.07) is 6.94. The van der Waals surface area contributed by atoms with Crippen molar-refractivity contribution in [1.29, 1.82) is 0 Å². The molecule has 1 aromatic carbocycles. The number of aromatic nitrogens is 2. The minimum atomic E-state index is -0.352. The number of hydrogen-bond donors (Lipinski definition) is 0. The molecule has 5 heteroatoms. The molecule has 0 aliphatic rings. The molecule has 0 spiro atoms. The highest BCUT2D eigenvalue weighted by atomic mass is 79.9. The molecule has 1 atom stereocenters. The Bertz CT molecular complexity index is 548. The molecule has 1 unspecified atom stereocenters. The van der Waals surface area contributed by atoms with Gasteiger partial charge in [-0.1, -0.05) is 28.1 Å². The topological polar surface area (TPSA) is 44.1 Å². The Kier molecular flexibility index (Phi) is 3.81. The van der Waals surface area contributed by atoms with Crippen molar-refractivity contribution in [1.82, 2.24) is 9.78 Å². The van der Waals surface area contributed by atoms with Gasteiger partial charge in [-0.25, -0.2) is 0 Å². The monoisotopic (exact) mass is 308 g/mol. The van der Waals surface area contributed by atoms with Crippen LogP contribution in [-0.4, -0.2) is 22.7 Å². The average Bonchev–Trinajstić information content (AvgIpc) is 2.86. The van der Waals surface area contributed by atoms with E-state index in [2.05, 4.69) is 21.0 Å². The van der Waals surface area contributed by atoms with Crippen molar-refractivity contribution in [2.45, 2.75) is 13.0 Å². The molecule has 0 aliphatic carbocycles. The molecule has 0 saturated carbocycles. The number of hydrogen-bond acceptors (Lipinski definition) is 3. The SMILES string of the molecule is COc1cnn(C(C)C(=O)c2ccc(Br)cc2)c1. The lowest BCUT2D eigenvalue weighted by atomic mass is 10.1. The third-order valence-electron chi connectivity index (χ3n) is 2.72. The van der Waals surface area contributed by atoms with Gasteiger partial charge in [-0.05, 0) is 19.1 Å². The fourth-order valence-electron chi connectivity index (χ4n) is 1.61. The second-order valence-electron chi connectivity index (χ2n) is 3.91. The first-order valence-corrected chi connectivity index (χ1v) is 6.29. The van der Waals surface area contributed by atoms with E-state index in [4.69, 9.17) is 4.74 Å². The molecule has 18 heavy (non-hydrogen) atoms. The van der Waals surface area contributed by atoms with Crippen molar-refractivity contribution in [3.63, 3.8) is 0 Å². The molecule has 0 fully saturated rings. The van der Waals surface area contributed by atoms with E-state index in [9.17, 15) is 4.79 Å². The molecule has 0 bridgehead atoms. The maximum absolute atomic E-state index is 12.2. The van der Waals surface area contributed by atoms with Gasteiger partial charge in [-0.15, -0.1) is 0 Å². The van der Waals surface area contributed by atoms with Crippen LogP contribution in [0.3, 0.4) is 0 Å². The van der Waals surface area contributed by atoms with Gasteiger partial charge in [0.05, 0.1) is 19.5 Å². The number of methoxy groups -OCH3 is 1. The molecule has 0 aliphatic heterocycles. The number of rotatable bonds is 4. The van der Waals surface area contributed by atoms with Gasteiger partial charge >= 0.3 is 0 Å². The largest absolute Gasteiger partial charge is 0.493 e. The van der Waals surface area contributed by atoms with E-state index >= 15 is 0 Å². The van der Waals surface area contributed by atoms with E-state index in [0.717, 1.165) is 4.47 Å². The molecule has 0 N–H and O–H groups in total. The summed E-state index contributed by atoms with van der Waals surface area (Å²) in [6.07, 6.45) is 3.30. The summed E-state index contributed by atoms with van der Waals surface area (Å²) in [6.45, 7) is 1.82. The molecule has 0 radical (unpaired) electrons. The summed E-state index contributed by atoms with van der Waals surface area (Å²) >= 11 is 3.34. The van der Waals surface area contributed by atoms with Crippen LogP contribution in [0.5, 0.6) is 5.75 Å². The number of carbonyl (C=O) groups excluding carboxylic acids is 1. The number of halogens is 1. The fourth-order valence-corrected chi connectivity index (χ4v) is 1.88. The minimum Gasteiger partial charge on any atom is -0.493 e. The van der Waals surface area contributed by atoms with Crippen LogP contribution in [0.1, 0.15) is 23.3 Å². The quantitative estimate of drug-likeness (QED) is 0.815. The Morgan fingerprint density at radius 2 is 2.06 bits per heavy atom. The maximum atomic E-state index is 12.2. The normalized spacial score (nSPS) is 12.2. The fraction of sp³-hybridized carbons (Fsp3) is 0.231. The van der Waals surface area contributed by atoms with Crippen LogP contribution in [0, 0.1) is 0 Å². The molecule has 1 aromatic heterocycles. The van der Waals surface area contributed by atoms with Gasteiger partial charge in [0.2, 0.25) is 0 Å². The van der Waals surface area contributed by atoms with Crippen LogP contribution in [0.4, 0.5) is 0 Å². The smallest absolute Gasteiger partial charge is 0.187 e. The van der Waals surface area contributed by atoms with Gasteiger partial charge in [-0.2, -0.15) is 5.10 Å². The maximum Gasteiger partial charge on any atom is 0.187 e. The molecule has 2 aromatic rings. The van der Waals surface area contributed by atoms with E-state index in [1.807, 2.05) is 19.1 Å². The number of ether oxygens (including phenoxy) is 1. The molecule has 1 heterocycles. The highest BCUT2D eigenvalue weighted by molar-refractivity contribution is 9.10. The zero-order valence-electron chi connectivity index (χ0n) is 10.1. The lowest BCUT2D eigenvalue weighted by Gasteiger charge is -2.10. The zero-order valence-corrected chi connectivity index (χ0v) is 11.7. The Labute approximate surface area is 114 Å². The van der Waals surface area contributed by atoms with Gasteiger partial charge in [0.1, 0.15) is 6.04 Å². The molecular weight excluding hydrogens is 296 g/mol. The zero-order chi connectivity index (χ0) is 13.1. The van der Waals surface area contributed by atoms with Crippen molar-refractivity contribution in [3.05, 3.63) is 46.7 Å². The van der Waals surface area contributed by atoms with Crippen LogP contribution in [0.15, 0.2) is 41.1 Å². The van der Waals surface area contributed by atoms with Gasteiger partial charge in [0.25, 0.3) is 0 Å². The summed E-state index contributed by atoms with van der Waals surface area (Å²) in [5, 5.41) is 4.11. The van der Waals surface area contributed by atoms with Gasteiger partial charge in [0, 0.05) is 10.0 Å². The molecule has 4 nitrogen and oxygen atoms in total. The van der Waals surface area contributed by atoms with E-state index in [1.54, 1.807) is 36.3 Å². The highest BCUT2D eigenvalue weighted by Crippen LogP contribution is 2.18. The first kappa shape index (κ1) is 12.8. The Morgan fingerprint density at radius 1 is 1.39 bits per heavy atom. The van der Waals surface area contributed by atoms with Crippen LogP contribution in [0.25, 0.3) is 0 Å². The Hall–Kier alpha value is -1.62. The lowest BCUT2D eigenvalue weighted by Crippen LogP contribution is -2.17. The van der Waals surface area contributed by atoms with Gasteiger partial charge in [-0.3, -0.25) is 9.48 Å². The summed E-state index contributed by atoms with van der Waals surface area (Å²) < 4.78 is 7.60. The first-order chi connectivity index (χ1) is 8.61. The van der Waals surface area contributed by atoms with Crippen LogP contribution in [-0.2, 0) is 0 Å². The van der Waals surface area contributed by atoms with Crippen molar-refractivity contribution < 1.29 is 9.53 Å². The summed E-state index contributed by atoms with van der Waals surface area (Å²) in [7, 11) is 1.57. The lowest BCUT2D eigenvalue weighted by molar-refractivity contribution is 0.0928. The molecule has 0 saturated heterocycles. The second-order valence-corrected chi connectivity index (χ2v) is 4.82. The average molecular weight is 309 g/mol. The second kappa shape index (κ2) is 5.35. The van der Waals surface area contributed by atoms with Gasteiger partial charge in [0.15, 0.2) is 11.5 Å². The third kappa shape index (κ3) is 2.61. The molecule has 94 valence electrons. The number of ketones is 1. The van der Waals surface area contributed by atoms with Crippen molar-refractivity contribution in [2.24, 2.45) is 0 Å². The number of benzene rings is 1. The third-order valence-corrected chi connectivity index (χ3v) is 3.25. The van der Waals surface area contributed by atoms with E-state index in [1.165, 1.54) is 0 Å². The van der Waals surface area contributed by atoms with E-state index in [-0.39, 0.29) is 11.8 Å². The first-order valence-electron chi connectivity index (χ1n) is 5.49. The van der Waals surface area contributed by atoms with E-state index < -0.39 is 0 Å². The van der Waals surface area contributed by atoms with Crippen molar-refractivity contribution in [2.75, 3.05) is 7.11 Å². The van der Waals surface area contributed by atoms with Crippen molar-refractivity contribution >= 4 is 21.7 Å². The summed E-state index contributed by atoms with van der Waals surface area (Å²) in [4.78, 5) is 12.2. The van der Waals surface area contributed by atoms with Crippen LogP contribution >= 0.6 is 15.9 Å². The molecule has 2 rings (SSSR count). The molecule has 0 amide bonds. The van der Waals surface area contributed by atoms with E-state index in [0.29, 0.717) is 11.3 Å². The highest BCUT2D eigenvalue weighted by Gasteiger charge is 2.17. The Morgan fingerprint density at radius 3 is 2.61 bits per heavy atom. The standard InChI is InChI=1S/C13H13BrN2O2/c1-9(16-8-12(18-2)7-15-16)13(17)10-3-5-11(14)6-4-10/h3-9H,1-2H3. The number of nitrogens with zero attached hydrogens (tertiary/aromatic N) is 2. The minimum absolute atomic E-state index is 0.0215. The predicted molar refractivity (Wildman–Crippen MR) is 72.0 cm³/mol. The van der Waals surface area contributed by atoms with Crippen LogP contribution < -0.4 is 4.74 Å². The number of Topliss-reactive ketones (excluding diaryl/α,β-unsaturated/α-hetero) is 1. The van der Waals surface area contributed by atoms with Gasteiger partial charge < -0.3 is 4.74 Å². The van der Waals surface area contributed by atoms with Crippen LogP contribution in [0.2, 0.25) is 0 Å². The predicted octanol–water partition coefficient (Wildman–Crippen LogP) is 3.10. The number of carbonyl (C=O) groups is 1. The summed E-state index contributed by atoms with van der Waals surface area (Å²) in [5.41, 5.74) is 0.667. The van der Waals surface area contributed by atoms with Crippen molar-refractivity contribution in [3.8, 4) is 5.75 Å². The molecular formula is C13H13BrN2O2.